The molecular formula is CHFeKN2O2. The number of hydrogen-bond acceptors (Lipinski definition) is 3. The van der Waals surface area contributed by atoms with E-state index in [9.17, 15) is 10.1 Å². The van der Waals surface area contributed by atoms with Crippen molar-refractivity contribution in [3.8, 4) is 4.97 Å². The third-order valence-electron chi connectivity index (χ3n) is 0.0999. The first-order valence-corrected chi connectivity index (χ1v) is 1.97. The Morgan fingerprint density at radius 2 is 2.29 bits per heavy atom. The first-order chi connectivity index (χ1) is 2.77. The molecule has 0 aromatic carbocycles. The minimum absolute atomic E-state index is 0. The molecule has 0 rings (SSSR count). The van der Waals surface area contributed by atoms with E-state index < -0.39 is 19.1 Å². The molecule has 0 aromatic heterocycles. The van der Waals surface area contributed by atoms with Crippen LogP contribution in [0.5, 0.6) is 0 Å². The van der Waals surface area contributed by atoms with Gasteiger partial charge in [0.1, 0.15) is 0 Å². The zero-order valence-corrected chi connectivity index (χ0v) is 3.67. The monoisotopic (exact) mass is 168 g/mol. The van der Waals surface area contributed by atoms with Gasteiger partial charge in [0.15, 0.2) is 0 Å². The van der Waals surface area contributed by atoms with Crippen molar-refractivity contribution in [1.82, 2.24) is 0 Å². The fourth-order valence-corrected chi connectivity index (χ4v) is 0.119. The van der Waals surface area contributed by atoms with Crippen molar-refractivity contribution in [2.45, 2.75) is 0 Å². The van der Waals surface area contributed by atoms with E-state index in [1.165, 1.54) is 4.97 Å². The van der Waals surface area contributed by atoms with Gasteiger partial charge in [-0.05, 0) is 0 Å². The Balaban J connectivity index is 0. The van der Waals surface area contributed by atoms with E-state index in [0.717, 1.165) is 0 Å². The molecule has 0 spiro atoms. The van der Waals surface area contributed by atoms with E-state index in [4.69, 9.17) is 5.26 Å². The summed E-state index contributed by atoms with van der Waals surface area (Å²) in [6, 6.07) is 0. The Kier molecular flexibility index (Phi) is 11.0. The molecule has 0 aromatic rings. The minimum atomic E-state index is -0.681. The molecule has 0 heterocycles. The molecule has 0 atom stereocenters. The van der Waals surface area contributed by atoms with Crippen molar-refractivity contribution >= 4 is 51.4 Å². The summed E-state index contributed by atoms with van der Waals surface area (Å²) in [5, 5.41) is 16.7. The van der Waals surface area contributed by atoms with Crippen LogP contribution in [0.2, 0.25) is 0 Å². The van der Waals surface area contributed by atoms with E-state index in [-0.39, 0.29) is 51.4 Å². The average molecular weight is 168 g/mol. The average Bonchev–Trinajstić information content (AvgIpc) is 1.35. The van der Waals surface area contributed by atoms with Crippen molar-refractivity contribution in [2.24, 2.45) is 0 Å². The van der Waals surface area contributed by atoms with Crippen molar-refractivity contribution in [3.05, 3.63) is 10.1 Å². The summed E-state index contributed by atoms with van der Waals surface area (Å²) < 4.78 is -0.681. The van der Waals surface area contributed by atoms with Gasteiger partial charge in [-0.3, -0.25) is 0 Å². The number of nitro groups is 1. The first kappa shape index (κ1) is 10.9. The standard InChI is InChI=1S/CN.Fe.K.NO2.H/c1-2;;;2-1-3;. The van der Waals surface area contributed by atoms with Crippen LogP contribution in [0.25, 0.3) is 0 Å². The van der Waals surface area contributed by atoms with E-state index in [0.29, 0.717) is 0 Å². The van der Waals surface area contributed by atoms with Crippen LogP contribution in [0.1, 0.15) is 0 Å². The zero-order chi connectivity index (χ0) is 4.99. The van der Waals surface area contributed by atoms with Crippen LogP contribution in [0.15, 0.2) is 0 Å². The van der Waals surface area contributed by atoms with Crippen molar-refractivity contribution in [2.75, 3.05) is 0 Å². The molecule has 0 unspecified atom stereocenters. The molecule has 0 amide bonds. The van der Waals surface area contributed by atoms with Gasteiger partial charge in [-0.25, -0.2) is 0 Å². The number of hydrogen-bond donors (Lipinski definition) is 0. The fourth-order valence-electron chi connectivity index (χ4n) is 0.0289. The van der Waals surface area contributed by atoms with Gasteiger partial charge in [0.2, 0.25) is 0 Å². The number of rotatable bonds is 1. The second-order valence-electron chi connectivity index (χ2n) is 0.362. The van der Waals surface area contributed by atoms with Crippen LogP contribution in [0.3, 0.4) is 0 Å². The normalized spacial score (nSPS) is 6.14. The molecule has 4 nitrogen and oxygen atoms in total. The van der Waals surface area contributed by atoms with Gasteiger partial charge in [0.05, 0.1) is 0 Å². The van der Waals surface area contributed by atoms with Gasteiger partial charge in [0, 0.05) is 0 Å². The van der Waals surface area contributed by atoms with Gasteiger partial charge >= 0.3 is 90.8 Å². The first-order valence-electron chi connectivity index (χ1n) is 0.924. The van der Waals surface area contributed by atoms with Gasteiger partial charge in [-0.15, -0.1) is 0 Å². The summed E-state index contributed by atoms with van der Waals surface area (Å²) in [6.45, 7) is 0. The van der Waals surface area contributed by atoms with Gasteiger partial charge in [0.25, 0.3) is 0 Å². The van der Waals surface area contributed by atoms with Gasteiger partial charge < -0.3 is 0 Å². The number of nitrogens with zero attached hydrogens (tertiary/aromatic N) is 2. The zero-order valence-electron chi connectivity index (χ0n) is 2.56. The molecule has 0 N–H and O–H groups in total. The van der Waals surface area contributed by atoms with E-state index in [1.54, 1.807) is 0 Å². The molecule has 0 aliphatic heterocycles. The third kappa shape index (κ3) is 11.0. The predicted molar refractivity (Wildman–Crippen MR) is 19.8 cm³/mol. The van der Waals surface area contributed by atoms with Crippen LogP contribution in [-0.4, -0.2) is 55.3 Å². The van der Waals surface area contributed by atoms with Crippen LogP contribution in [0, 0.1) is 20.3 Å². The molecular weight excluding hydrogens is 167 g/mol. The van der Waals surface area contributed by atoms with Gasteiger partial charge in [-0.2, -0.15) is 0 Å². The Bertz CT molecular complexity index is 98.4. The second-order valence-corrected chi connectivity index (χ2v) is 1.26. The summed E-state index contributed by atoms with van der Waals surface area (Å²) in [7, 11) is 0. The summed E-state index contributed by atoms with van der Waals surface area (Å²) in [5.74, 6) is 0. The summed E-state index contributed by atoms with van der Waals surface area (Å²) in [4.78, 5) is 10.6. The molecule has 0 radical (unpaired) electrons. The van der Waals surface area contributed by atoms with Crippen molar-refractivity contribution in [3.63, 3.8) is 0 Å². The third-order valence-corrected chi connectivity index (χ3v) is 0.412. The molecule has 0 bridgehead atoms. The van der Waals surface area contributed by atoms with Crippen molar-refractivity contribution in [1.29, 1.82) is 5.26 Å². The maximum atomic E-state index is 9.18. The van der Waals surface area contributed by atoms with Crippen LogP contribution in [0.4, 0.5) is 0 Å². The van der Waals surface area contributed by atoms with E-state index >= 15 is 0 Å². The quantitative estimate of drug-likeness (QED) is 0.289. The van der Waals surface area contributed by atoms with Crippen LogP contribution in [-0.2, 0) is 15.2 Å². The summed E-state index contributed by atoms with van der Waals surface area (Å²) >= 11 is -0.597. The van der Waals surface area contributed by atoms with E-state index in [1.807, 2.05) is 0 Å². The molecule has 7 heavy (non-hydrogen) atoms. The maximum absolute atomic E-state index is 9.18. The number of nitriles is 1. The molecule has 0 fully saturated rings. The molecule has 0 saturated heterocycles. The van der Waals surface area contributed by atoms with Gasteiger partial charge in [-0.1, -0.05) is 0 Å². The van der Waals surface area contributed by atoms with Crippen LogP contribution < -0.4 is 0 Å². The SMILES string of the molecule is N#[C][Fe][N+](=O)[O-].[KH]. The second kappa shape index (κ2) is 7.05. The van der Waals surface area contributed by atoms with Crippen molar-refractivity contribution < 1.29 is 19.1 Å². The molecule has 0 saturated carbocycles. The van der Waals surface area contributed by atoms with Crippen LogP contribution >= 0.6 is 0 Å². The Morgan fingerprint density at radius 3 is 2.29 bits per heavy atom. The Hall–Kier alpha value is 1.05. The summed E-state index contributed by atoms with van der Waals surface area (Å²) in [5.41, 5.74) is 0. The summed E-state index contributed by atoms with van der Waals surface area (Å²) in [6.07, 6.45) is 0. The Labute approximate surface area is 89.2 Å². The molecule has 36 valence electrons. The topological polar surface area (TPSA) is 66.9 Å². The molecule has 6 heteroatoms. The van der Waals surface area contributed by atoms with E-state index in [2.05, 4.69) is 0 Å². The molecule has 0 aliphatic carbocycles. The Morgan fingerprint density at radius 1 is 1.86 bits per heavy atom. The predicted octanol–water partition coefficient (Wildman–Crippen LogP) is -0.907. The molecule has 0 aliphatic rings. The fraction of sp³-hybridized carbons (Fsp3) is 0.